The Balaban J connectivity index is 2.06. The van der Waals surface area contributed by atoms with Gasteiger partial charge in [0.15, 0.2) is 0 Å². The number of aromatic nitrogens is 2. The Morgan fingerprint density at radius 1 is 1.24 bits per heavy atom. The first-order valence-corrected chi connectivity index (χ1v) is 8.46. The van der Waals surface area contributed by atoms with Gasteiger partial charge in [-0.1, -0.05) is 6.07 Å². The monoisotopic (exact) mass is 376 g/mol. The SMILES string of the molecule is Cc1cc(C)n(CC(=O)NNS(=O)(=O)c2cccc(C(F)(F)F)c2)n1. The van der Waals surface area contributed by atoms with E-state index in [9.17, 15) is 26.4 Å². The van der Waals surface area contributed by atoms with E-state index in [-0.39, 0.29) is 6.54 Å². The van der Waals surface area contributed by atoms with Crippen LogP contribution < -0.4 is 10.3 Å². The van der Waals surface area contributed by atoms with E-state index in [4.69, 9.17) is 0 Å². The minimum absolute atomic E-state index is 0.245. The second kappa shape index (κ2) is 6.84. The van der Waals surface area contributed by atoms with Gasteiger partial charge in [0.2, 0.25) is 0 Å². The smallest absolute Gasteiger partial charge is 0.276 e. The molecule has 1 aromatic heterocycles. The lowest BCUT2D eigenvalue weighted by molar-refractivity contribution is -0.137. The van der Waals surface area contributed by atoms with Crippen molar-refractivity contribution in [2.45, 2.75) is 31.5 Å². The molecule has 1 amide bonds. The van der Waals surface area contributed by atoms with Gasteiger partial charge >= 0.3 is 6.18 Å². The molecule has 0 saturated carbocycles. The fourth-order valence-electron chi connectivity index (χ4n) is 2.03. The van der Waals surface area contributed by atoms with Crippen LogP contribution in [0.1, 0.15) is 17.0 Å². The van der Waals surface area contributed by atoms with Gasteiger partial charge in [-0.3, -0.25) is 14.9 Å². The fourth-order valence-corrected chi connectivity index (χ4v) is 2.94. The molecule has 0 radical (unpaired) electrons. The highest BCUT2D eigenvalue weighted by molar-refractivity contribution is 7.89. The molecule has 1 heterocycles. The van der Waals surface area contributed by atoms with Crippen LogP contribution in [0.3, 0.4) is 0 Å². The van der Waals surface area contributed by atoms with Crippen molar-refractivity contribution in [1.82, 2.24) is 20.0 Å². The summed E-state index contributed by atoms with van der Waals surface area (Å²) < 4.78 is 63.4. The molecule has 1 aromatic carbocycles. The van der Waals surface area contributed by atoms with Gasteiger partial charge in [-0.25, -0.2) is 8.42 Å². The average Bonchev–Trinajstić information content (AvgIpc) is 2.82. The van der Waals surface area contributed by atoms with Gasteiger partial charge in [0.05, 0.1) is 16.2 Å². The van der Waals surface area contributed by atoms with Gasteiger partial charge in [-0.2, -0.15) is 18.3 Å². The van der Waals surface area contributed by atoms with Crippen molar-refractivity contribution < 1.29 is 26.4 Å². The topological polar surface area (TPSA) is 93.1 Å². The van der Waals surface area contributed by atoms with E-state index >= 15 is 0 Å². The maximum atomic E-state index is 12.7. The van der Waals surface area contributed by atoms with Crippen LogP contribution in [0.2, 0.25) is 0 Å². The summed E-state index contributed by atoms with van der Waals surface area (Å²) in [6.07, 6.45) is -4.68. The fraction of sp³-hybridized carbons (Fsp3) is 0.286. The molecule has 0 aliphatic rings. The number of sulfonamides is 1. The Kier molecular flexibility index (Phi) is 5.18. The minimum atomic E-state index is -4.68. The van der Waals surface area contributed by atoms with Crippen molar-refractivity contribution >= 4 is 15.9 Å². The maximum Gasteiger partial charge on any atom is 0.416 e. The molecule has 136 valence electrons. The number of hydrogen-bond acceptors (Lipinski definition) is 4. The zero-order chi connectivity index (χ0) is 18.8. The van der Waals surface area contributed by atoms with Crippen molar-refractivity contribution in [3.8, 4) is 0 Å². The molecule has 0 unspecified atom stereocenters. The number of rotatable bonds is 5. The van der Waals surface area contributed by atoms with Gasteiger partial charge in [0, 0.05) is 5.69 Å². The average molecular weight is 376 g/mol. The summed E-state index contributed by atoms with van der Waals surface area (Å²) in [7, 11) is -4.35. The Bertz CT molecular complexity index is 891. The van der Waals surface area contributed by atoms with Gasteiger partial charge < -0.3 is 0 Å². The normalized spacial score (nSPS) is 12.2. The predicted octanol–water partition coefficient (Wildman–Crippen LogP) is 1.53. The van der Waals surface area contributed by atoms with Crippen LogP contribution in [0, 0.1) is 13.8 Å². The number of nitrogens with zero attached hydrogens (tertiary/aromatic N) is 2. The highest BCUT2D eigenvalue weighted by Crippen LogP contribution is 2.30. The quantitative estimate of drug-likeness (QED) is 0.774. The molecular formula is C14H15F3N4O3S. The number of nitrogens with one attached hydrogen (secondary N) is 2. The molecule has 0 atom stereocenters. The summed E-state index contributed by atoms with van der Waals surface area (Å²) in [5.74, 6) is -0.721. The molecule has 0 aliphatic carbocycles. The third kappa shape index (κ3) is 4.79. The van der Waals surface area contributed by atoms with Crippen LogP contribution in [0.25, 0.3) is 0 Å². The largest absolute Gasteiger partial charge is 0.416 e. The third-order valence-electron chi connectivity index (χ3n) is 3.19. The summed E-state index contributed by atoms with van der Waals surface area (Å²) in [6, 6.07) is 4.93. The van der Waals surface area contributed by atoms with Gasteiger partial charge in [-0.05, 0) is 38.1 Å². The number of hydrazine groups is 1. The first-order valence-electron chi connectivity index (χ1n) is 6.98. The Hall–Kier alpha value is -2.40. The lowest BCUT2D eigenvalue weighted by Gasteiger charge is -2.11. The number of carbonyl (C=O) groups excluding carboxylic acids is 1. The van der Waals surface area contributed by atoms with E-state index in [0.29, 0.717) is 17.5 Å². The summed E-state index contributed by atoms with van der Waals surface area (Å²) in [5, 5.41) is 4.05. The van der Waals surface area contributed by atoms with Gasteiger partial charge in [-0.15, -0.1) is 4.83 Å². The highest BCUT2D eigenvalue weighted by Gasteiger charge is 2.31. The zero-order valence-electron chi connectivity index (χ0n) is 13.3. The molecule has 0 aliphatic heterocycles. The molecule has 0 saturated heterocycles. The Labute approximate surface area is 141 Å². The summed E-state index contributed by atoms with van der Waals surface area (Å²) in [4.78, 5) is 12.9. The first-order chi connectivity index (χ1) is 11.5. The van der Waals surface area contributed by atoms with Gasteiger partial charge in [0.25, 0.3) is 15.9 Å². The molecule has 2 rings (SSSR count). The second-order valence-corrected chi connectivity index (χ2v) is 6.95. The molecule has 0 bridgehead atoms. The van der Waals surface area contributed by atoms with Crippen molar-refractivity contribution in [2.75, 3.05) is 0 Å². The van der Waals surface area contributed by atoms with E-state index in [1.165, 1.54) is 4.68 Å². The minimum Gasteiger partial charge on any atom is -0.276 e. The lowest BCUT2D eigenvalue weighted by Crippen LogP contribution is -2.43. The van der Waals surface area contributed by atoms with Crippen LogP contribution in [0.15, 0.2) is 35.2 Å². The Morgan fingerprint density at radius 3 is 2.48 bits per heavy atom. The molecule has 2 aromatic rings. The summed E-state index contributed by atoms with van der Waals surface area (Å²) in [6.45, 7) is 3.21. The third-order valence-corrected chi connectivity index (χ3v) is 4.44. The van der Waals surface area contributed by atoms with E-state index in [1.807, 2.05) is 5.43 Å². The first kappa shape index (κ1) is 18.9. The van der Waals surface area contributed by atoms with E-state index in [2.05, 4.69) is 5.10 Å². The second-order valence-electron chi connectivity index (χ2n) is 5.26. The molecule has 0 spiro atoms. The molecule has 2 N–H and O–H groups in total. The molecular weight excluding hydrogens is 361 g/mol. The lowest BCUT2D eigenvalue weighted by atomic mass is 10.2. The number of carbonyl (C=O) groups is 1. The van der Waals surface area contributed by atoms with Crippen molar-refractivity contribution in [1.29, 1.82) is 0 Å². The van der Waals surface area contributed by atoms with Gasteiger partial charge in [0.1, 0.15) is 6.54 Å². The number of benzene rings is 1. The number of hydrogen-bond donors (Lipinski definition) is 2. The molecule has 7 nitrogen and oxygen atoms in total. The van der Waals surface area contributed by atoms with E-state index in [1.54, 1.807) is 24.7 Å². The van der Waals surface area contributed by atoms with E-state index in [0.717, 1.165) is 18.2 Å². The highest BCUT2D eigenvalue weighted by atomic mass is 32.2. The zero-order valence-corrected chi connectivity index (χ0v) is 14.1. The van der Waals surface area contributed by atoms with Crippen LogP contribution in [-0.2, 0) is 27.5 Å². The maximum absolute atomic E-state index is 12.7. The number of aryl methyl sites for hydroxylation is 2. The summed E-state index contributed by atoms with van der Waals surface area (Å²) in [5.41, 5.74) is 2.23. The number of halogens is 3. The van der Waals surface area contributed by atoms with Crippen molar-refractivity contribution in [3.63, 3.8) is 0 Å². The molecule has 25 heavy (non-hydrogen) atoms. The standard InChI is InChI=1S/C14H15F3N4O3S/c1-9-6-10(2)21(19-9)8-13(22)18-20-25(23,24)12-5-3-4-11(7-12)14(15,16)17/h3-7,20H,8H2,1-2H3,(H,18,22). The Morgan fingerprint density at radius 2 is 1.92 bits per heavy atom. The molecule has 11 heteroatoms. The summed E-state index contributed by atoms with van der Waals surface area (Å²) >= 11 is 0. The predicted molar refractivity (Wildman–Crippen MR) is 81.6 cm³/mol. The number of alkyl halides is 3. The van der Waals surface area contributed by atoms with Crippen LogP contribution >= 0.6 is 0 Å². The number of amides is 1. The van der Waals surface area contributed by atoms with Crippen molar-refractivity contribution in [3.05, 3.63) is 47.3 Å². The molecule has 0 fully saturated rings. The van der Waals surface area contributed by atoms with E-state index < -0.39 is 32.6 Å². The van der Waals surface area contributed by atoms with Crippen LogP contribution in [0.4, 0.5) is 13.2 Å². The van der Waals surface area contributed by atoms with Crippen LogP contribution in [0.5, 0.6) is 0 Å². The van der Waals surface area contributed by atoms with Crippen LogP contribution in [-0.4, -0.2) is 24.1 Å². The van der Waals surface area contributed by atoms with Crippen molar-refractivity contribution in [2.24, 2.45) is 0 Å².